The summed E-state index contributed by atoms with van der Waals surface area (Å²) in [5, 5.41) is 0. The summed E-state index contributed by atoms with van der Waals surface area (Å²) in [4.78, 5) is 17.2. The van der Waals surface area contributed by atoms with E-state index in [2.05, 4.69) is 35.7 Å². The molecule has 0 unspecified atom stereocenters. The number of ether oxygens (including phenoxy) is 2. The molecule has 0 atom stereocenters. The Bertz CT molecular complexity index is 741. The van der Waals surface area contributed by atoms with Crippen molar-refractivity contribution in [1.29, 1.82) is 0 Å². The molecule has 0 radical (unpaired) electrons. The fourth-order valence-corrected chi connectivity index (χ4v) is 4.37. The minimum Gasteiger partial charge on any atom is -0.494 e. The number of hydrogen-bond donors (Lipinski definition) is 0. The maximum atomic E-state index is 12.6. The van der Waals surface area contributed by atoms with Crippen LogP contribution in [0.15, 0.2) is 30.8 Å². The third kappa shape index (κ3) is 7.84. The molecule has 1 aliphatic heterocycles. The predicted molar refractivity (Wildman–Crippen MR) is 131 cm³/mol. The van der Waals surface area contributed by atoms with Crippen LogP contribution in [0.3, 0.4) is 0 Å². The van der Waals surface area contributed by atoms with Crippen molar-refractivity contribution >= 4 is 11.9 Å². The molecule has 1 heterocycles. The van der Waals surface area contributed by atoms with Crippen molar-refractivity contribution in [3.8, 4) is 0 Å². The molecule has 0 aromatic heterocycles. The molecule has 1 amide bonds. The van der Waals surface area contributed by atoms with Crippen LogP contribution >= 0.6 is 0 Å². The zero-order chi connectivity index (χ0) is 23.1. The van der Waals surface area contributed by atoms with Gasteiger partial charge in [0.1, 0.15) is 11.4 Å². The zero-order valence-corrected chi connectivity index (χ0v) is 20.6. The van der Waals surface area contributed by atoms with Gasteiger partial charge in [-0.3, -0.25) is 0 Å². The van der Waals surface area contributed by atoms with Crippen LogP contribution in [0.4, 0.5) is 4.79 Å². The molecule has 1 aliphatic carbocycles. The molecule has 32 heavy (non-hydrogen) atoms. The number of aryl methyl sites for hydroxylation is 1. The van der Waals surface area contributed by atoms with Gasteiger partial charge in [-0.05, 0) is 97.3 Å². The first-order valence-corrected chi connectivity index (χ1v) is 12.4. The van der Waals surface area contributed by atoms with Crippen LogP contribution in [0.5, 0.6) is 0 Å². The van der Waals surface area contributed by atoms with Gasteiger partial charge in [0.2, 0.25) is 0 Å². The van der Waals surface area contributed by atoms with Gasteiger partial charge in [-0.2, -0.15) is 0 Å². The maximum Gasteiger partial charge on any atom is 0.410 e. The van der Waals surface area contributed by atoms with E-state index in [4.69, 9.17) is 9.47 Å². The number of amides is 1. The average molecular weight is 443 g/mol. The monoisotopic (exact) mass is 442 g/mol. The quantitative estimate of drug-likeness (QED) is 0.434. The summed E-state index contributed by atoms with van der Waals surface area (Å²) in [5.74, 6) is 1.33. The fraction of sp³-hybridized carbons (Fsp3) is 0.667. The molecule has 2 aliphatic rings. The van der Waals surface area contributed by atoms with Gasteiger partial charge >= 0.3 is 6.09 Å². The van der Waals surface area contributed by atoms with Crippen LogP contribution in [-0.2, 0) is 15.9 Å². The molecule has 1 aromatic rings. The van der Waals surface area contributed by atoms with E-state index in [-0.39, 0.29) is 6.09 Å². The molecule has 5 heteroatoms. The second-order valence-corrected chi connectivity index (χ2v) is 10.3. The summed E-state index contributed by atoms with van der Waals surface area (Å²) in [6.45, 7) is 16.7. The number of carbonyl (C=O) groups excluding carboxylic acids is 1. The van der Waals surface area contributed by atoms with Gasteiger partial charge in [0.25, 0.3) is 0 Å². The van der Waals surface area contributed by atoms with Gasteiger partial charge in [-0.25, -0.2) is 4.79 Å². The van der Waals surface area contributed by atoms with Gasteiger partial charge in [-0.15, -0.1) is 0 Å². The van der Waals surface area contributed by atoms with Crippen LogP contribution in [-0.4, -0.2) is 60.3 Å². The van der Waals surface area contributed by atoms with Crippen molar-refractivity contribution in [2.45, 2.75) is 77.9 Å². The van der Waals surface area contributed by atoms with Crippen molar-refractivity contribution in [1.82, 2.24) is 9.80 Å². The Kier molecular flexibility index (Phi) is 8.64. The highest BCUT2D eigenvalue weighted by Gasteiger charge is 2.37. The Morgan fingerprint density at radius 2 is 1.78 bits per heavy atom. The van der Waals surface area contributed by atoms with E-state index >= 15 is 0 Å². The van der Waals surface area contributed by atoms with Crippen LogP contribution < -0.4 is 0 Å². The minimum atomic E-state index is -0.425. The van der Waals surface area contributed by atoms with E-state index < -0.39 is 5.60 Å². The third-order valence-corrected chi connectivity index (χ3v) is 6.31. The van der Waals surface area contributed by atoms with Crippen molar-refractivity contribution in [3.63, 3.8) is 0 Å². The molecule has 1 saturated heterocycles. The summed E-state index contributed by atoms with van der Waals surface area (Å²) < 4.78 is 11.1. The molecule has 1 saturated carbocycles. The largest absolute Gasteiger partial charge is 0.494 e. The lowest BCUT2D eigenvalue weighted by atomic mass is 9.96. The molecular formula is C27H42N2O3. The fourth-order valence-electron chi connectivity index (χ4n) is 4.37. The molecule has 0 bridgehead atoms. The number of nitrogens with zero attached hydrogens (tertiary/aromatic N) is 2. The zero-order valence-electron chi connectivity index (χ0n) is 20.6. The van der Waals surface area contributed by atoms with Gasteiger partial charge in [0.15, 0.2) is 0 Å². The van der Waals surface area contributed by atoms with E-state index in [9.17, 15) is 4.79 Å². The SMILES string of the molecule is C=C(OCC)c1ccc(CCCN2CCC(CN(C(=O)OC(C)(C)C)C3CC3)CC2)cc1. The molecule has 5 nitrogen and oxygen atoms in total. The highest BCUT2D eigenvalue weighted by atomic mass is 16.6. The second kappa shape index (κ2) is 11.2. The maximum absolute atomic E-state index is 12.6. The number of piperidine rings is 1. The van der Waals surface area contributed by atoms with Crippen molar-refractivity contribution < 1.29 is 14.3 Å². The number of carbonyl (C=O) groups is 1. The molecule has 2 fully saturated rings. The van der Waals surface area contributed by atoms with Crippen molar-refractivity contribution in [2.24, 2.45) is 5.92 Å². The van der Waals surface area contributed by atoms with Crippen molar-refractivity contribution in [3.05, 3.63) is 42.0 Å². The van der Waals surface area contributed by atoms with E-state index in [1.165, 1.54) is 24.8 Å². The first kappa shape index (κ1) is 24.6. The highest BCUT2D eigenvalue weighted by Crippen LogP contribution is 2.31. The summed E-state index contributed by atoms with van der Waals surface area (Å²) in [7, 11) is 0. The Labute approximate surface area is 194 Å². The Morgan fingerprint density at radius 3 is 2.34 bits per heavy atom. The highest BCUT2D eigenvalue weighted by molar-refractivity contribution is 5.69. The van der Waals surface area contributed by atoms with E-state index in [1.807, 2.05) is 32.6 Å². The van der Waals surface area contributed by atoms with E-state index in [1.54, 1.807) is 0 Å². The van der Waals surface area contributed by atoms with Crippen molar-refractivity contribution in [2.75, 3.05) is 32.8 Å². The van der Waals surface area contributed by atoms with E-state index in [0.717, 1.165) is 56.8 Å². The summed E-state index contributed by atoms with van der Waals surface area (Å²) in [5.41, 5.74) is 2.00. The van der Waals surface area contributed by atoms with Crippen LogP contribution in [0, 0.1) is 5.92 Å². The Hall–Kier alpha value is -2.01. The number of rotatable bonds is 10. The van der Waals surface area contributed by atoms with Gasteiger partial charge < -0.3 is 19.3 Å². The molecule has 3 rings (SSSR count). The molecule has 178 valence electrons. The molecule has 0 spiro atoms. The molecule has 0 N–H and O–H groups in total. The minimum absolute atomic E-state index is 0.127. The lowest BCUT2D eigenvalue weighted by Crippen LogP contribution is -2.44. The van der Waals surface area contributed by atoms with Gasteiger partial charge in [-0.1, -0.05) is 30.8 Å². The first-order valence-electron chi connectivity index (χ1n) is 12.4. The summed E-state index contributed by atoms with van der Waals surface area (Å²) >= 11 is 0. The van der Waals surface area contributed by atoms with E-state index in [0.29, 0.717) is 18.6 Å². The number of benzene rings is 1. The summed E-state index contributed by atoms with van der Waals surface area (Å²) in [6.07, 6.45) is 6.72. The predicted octanol–water partition coefficient (Wildman–Crippen LogP) is 5.74. The standard InChI is InChI=1S/C27H42N2O3/c1-6-31-21(2)24-11-9-22(10-12-24)8-7-17-28-18-15-23(16-19-28)20-29(25-13-14-25)26(30)32-27(3,4)5/h9-12,23,25H,2,6-8,13-20H2,1,3-5H3. The average Bonchev–Trinajstić information content (AvgIpc) is 3.57. The normalized spacial score (nSPS) is 17.8. The first-order chi connectivity index (χ1) is 15.2. The smallest absolute Gasteiger partial charge is 0.410 e. The summed E-state index contributed by atoms with van der Waals surface area (Å²) in [6, 6.07) is 8.99. The second-order valence-electron chi connectivity index (χ2n) is 10.3. The lowest BCUT2D eigenvalue weighted by molar-refractivity contribution is 0.0176. The third-order valence-electron chi connectivity index (χ3n) is 6.31. The van der Waals surface area contributed by atoms with Gasteiger partial charge in [0.05, 0.1) is 6.61 Å². The molecule has 1 aromatic carbocycles. The van der Waals surface area contributed by atoms with Crippen LogP contribution in [0.2, 0.25) is 0 Å². The van der Waals surface area contributed by atoms with Crippen LogP contribution in [0.25, 0.3) is 5.76 Å². The topological polar surface area (TPSA) is 42.0 Å². The van der Waals surface area contributed by atoms with Crippen LogP contribution in [0.1, 0.15) is 70.9 Å². The molecular weight excluding hydrogens is 400 g/mol. The lowest BCUT2D eigenvalue weighted by Gasteiger charge is -2.35. The number of hydrogen-bond acceptors (Lipinski definition) is 4. The van der Waals surface area contributed by atoms with Gasteiger partial charge in [0, 0.05) is 18.2 Å². The Balaban J connectivity index is 1.36. The Morgan fingerprint density at radius 1 is 1.12 bits per heavy atom. The number of likely N-dealkylation sites (tertiary alicyclic amines) is 1.